The molecule has 1 atom stereocenters. The number of thiophene rings is 1. The summed E-state index contributed by atoms with van der Waals surface area (Å²) in [6.07, 6.45) is 1.70. The molecule has 5 rings (SSSR count). The number of piperazine rings is 1. The van der Waals surface area contributed by atoms with Crippen molar-refractivity contribution in [2.45, 2.75) is 25.3 Å². The second-order valence-electron chi connectivity index (χ2n) is 9.58. The number of rotatable bonds is 7. The highest BCUT2D eigenvalue weighted by molar-refractivity contribution is 7.10. The van der Waals surface area contributed by atoms with E-state index in [0.29, 0.717) is 45.6 Å². The van der Waals surface area contributed by atoms with E-state index in [4.69, 9.17) is 4.74 Å². The minimum atomic E-state index is -0.240. The number of hydrogen-bond donors (Lipinski definition) is 0. The van der Waals surface area contributed by atoms with Gasteiger partial charge in [0.2, 0.25) is 11.8 Å². The van der Waals surface area contributed by atoms with Crippen LogP contribution >= 0.6 is 11.3 Å². The summed E-state index contributed by atoms with van der Waals surface area (Å²) in [5, 5.41) is 2.10. The number of carbonyl (C=O) groups excluding carboxylic acids is 2. The van der Waals surface area contributed by atoms with Crippen molar-refractivity contribution in [1.82, 2.24) is 14.7 Å². The van der Waals surface area contributed by atoms with Gasteiger partial charge in [-0.15, -0.1) is 11.3 Å². The first kappa shape index (κ1) is 25.4. The second kappa shape index (κ2) is 11.4. The molecule has 37 heavy (non-hydrogen) atoms. The van der Waals surface area contributed by atoms with Crippen LogP contribution in [0.5, 0.6) is 5.75 Å². The van der Waals surface area contributed by atoms with E-state index in [2.05, 4.69) is 16.3 Å². The molecule has 0 spiro atoms. The molecular formula is C29H32FN3O3S. The zero-order valence-corrected chi connectivity index (χ0v) is 21.9. The second-order valence-corrected chi connectivity index (χ2v) is 10.6. The molecule has 194 valence electrons. The number of ether oxygens (including phenoxy) is 1. The molecule has 0 N–H and O–H groups in total. The first-order valence-corrected chi connectivity index (χ1v) is 13.6. The van der Waals surface area contributed by atoms with E-state index in [-0.39, 0.29) is 23.7 Å². The van der Waals surface area contributed by atoms with Crippen molar-refractivity contribution < 1.29 is 18.7 Å². The number of fused-ring (bicyclic) bond motifs is 1. The Morgan fingerprint density at radius 3 is 2.41 bits per heavy atom. The molecule has 1 fully saturated rings. The zero-order chi connectivity index (χ0) is 25.8. The summed E-state index contributed by atoms with van der Waals surface area (Å²) in [7, 11) is 1.62. The standard InChI is InChI=1S/C29H32FN3O3S/c1-36-24-7-5-21(6-8-24)19-28(35)32-16-14-31(15-17-32)27(34)10-13-33-12-9-26-25(11-18-37-26)29(33)22-3-2-4-23(30)20-22/h2-8,11,18,20,29H,9-10,12-17,19H2,1H3. The Labute approximate surface area is 221 Å². The first-order chi connectivity index (χ1) is 18.0. The predicted molar refractivity (Wildman–Crippen MR) is 142 cm³/mol. The van der Waals surface area contributed by atoms with Crippen molar-refractivity contribution in [3.8, 4) is 5.75 Å². The highest BCUT2D eigenvalue weighted by atomic mass is 32.1. The van der Waals surface area contributed by atoms with Crippen molar-refractivity contribution in [3.05, 3.63) is 87.4 Å². The smallest absolute Gasteiger partial charge is 0.227 e. The number of methoxy groups -OCH3 is 1. The molecule has 6 nitrogen and oxygen atoms in total. The van der Waals surface area contributed by atoms with Gasteiger partial charge in [-0.25, -0.2) is 4.39 Å². The fraction of sp³-hybridized carbons (Fsp3) is 0.379. The Morgan fingerprint density at radius 2 is 1.70 bits per heavy atom. The molecule has 0 saturated carbocycles. The monoisotopic (exact) mass is 521 g/mol. The third kappa shape index (κ3) is 5.86. The average molecular weight is 522 g/mol. The molecule has 0 aliphatic carbocycles. The van der Waals surface area contributed by atoms with Gasteiger partial charge in [0.05, 0.1) is 19.6 Å². The van der Waals surface area contributed by atoms with Gasteiger partial charge in [-0.05, 0) is 58.8 Å². The van der Waals surface area contributed by atoms with Gasteiger partial charge in [0.1, 0.15) is 11.6 Å². The molecule has 3 heterocycles. The molecule has 2 aliphatic rings. The van der Waals surface area contributed by atoms with Gasteiger partial charge >= 0.3 is 0 Å². The minimum absolute atomic E-state index is 0.0362. The van der Waals surface area contributed by atoms with Crippen LogP contribution in [-0.4, -0.2) is 72.9 Å². The van der Waals surface area contributed by atoms with Crippen molar-refractivity contribution in [2.75, 3.05) is 46.4 Å². The number of carbonyl (C=O) groups is 2. The summed E-state index contributed by atoms with van der Waals surface area (Å²) < 4.78 is 19.2. The van der Waals surface area contributed by atoms with E-state index < -0.39 is 0 Å². The quantitative estimate of drug-likeness (QED) is 0.469. The van der Waals surface area contributed by atoms with Crippen LogP contribution in [0.2, 0.25) is 0 Å². The maximum Gasteiger partial charge on any atom is 0.227 e. The van der Waals surface area contributed by atoms with Gasteiger partial charge in [-0.3, -0.25) is 14.5 Å². The summed E-state index contributed by atoms with van der Waals surface area (Å²) in [6, 6.07) is 16.4. The van der Waals surface area contributed by atoms with Gasteiger partial charge in [-0.1, -0.05) is 24.3 Å². The molecule has 1 unspecified atom stereocenters. The lowest BCUT2D eigenvalue weighted by Gasteiger charge is -2.38. The van der Waals surface area contributed by atoms with E-state index in [9.17, 15) is 14.0 Å². The number of nitrogens with zero attached hydrogens (tertiary/aromatic N) is 3. The molecular weight excluding hydrogens is 489 g/mol. The van der Waals surface area contributed by atoms with Gasteiger partial charge in [0, 0.05) is 50.6 Å². The summed E-state index contributed by atoms with van der Waals surface area (Å²) >= 11 is 1.75. The number of benzene rings is 2. The van der Waals surface area contributed by atoms with Gasteiger partial charge in [0.25, 0.3) is 0 Å². The molecule has 0 radical (unpaired) electrons. The van der Waals surface area contributed by atoms with Crippen molar-refractivity contribution in [1.29, 1.82) is 0 Å². The third-order valence-corrected chi connectivity index (χ3v) is 8.34. The Morgan fingerprint density at radius 1 is 0.973 bits per heavy atom. The molecule has 3 aromatic rings. The number of hydrogen-bond acceptors (Lipinski definition) is 5. The van der Waals surface area contributed by atoms with E-state index in [1.54, 1.807) is 30.6 Å². The van der Waals surface area contributed by atoms with Crippen LogP contribution in [0.4, 0.5) is 4.39 Å². The van der Waals surface area contributed by atoms with Crippen LogP contribution in [0, 0.1) is 5.82 Å². The molecule has 2 amide bonds. The van der Waals surface area contributed by atoms with Crippen LogP contribution in [-0.2, 0) is 22.4 Å². The Bertz CT molecular complexity index is 1240. The summed E-state index contributed by atoms with van der Waals surface area (Å²) in [6.45, 7) is 3.66. The van der Waals surface area contributed by atoms with Crippen molar-refractivity contribution in [2.24, 2.45) is 0 Å². The third-order valence-electron chi connectivity index (χ3n) is 7.34. The Balaban J connectivity index is 1.15. The van der Waals surface area contributed by atoms with Crippen molar-refractivity contribution in [3.63, 3.8) is 0 Å². The lowest BCUT2D eigenvalue weighted by Crippen LogP contribution is -2.51. The lowest BCUT2D eigenvalue weighted by atomic mass is 9.93. The largest absolute Gasteiger partial charge is 0.497 e. The molecule has 1 saturated heterocycles. The minimum Gasteiger partial charge on any atom is -0.497 e. The lowest BCUT2D eigenvalue weighted by molar-refractivity contribution is -0.139. The van der Waals surface area contributed by atoms with Crippen LogP contribution < -0.4 is 4.74 Å². The number of amides is 2. The van der Waals surface area contributed by atoms with Crippen LogP contribution in [0.25, 0.3) is 0 Å². The predicted octanol–water partition coefficient (Wildman–Crippen LogP) is 4.15. The van der Waals surface area contributed by atoms with E-state index in [1.807, 2.05) is 40.1 Å². The molecule has 2 aliphatic heterocycles. The van der Waals surface area contributed by atoms with Gasteiger partial charge in [0.15, 0.2) is 0 Å². The van der Waals surface area contributed by atoms with Crippen LogP contribution in [0.3, 0.4) is 0 Å². The highest BCUT2D eigenvalue weighted by Crippen LogP contribution is 2.38. The molecule has 1 aromatic heterocycles. The van der Waals surface area contributed by atoms with E-state index in [0.717, 1.165) is 29.8 Å². The first-order valence-electron chi connectivity index (χ1n) is 12.8. The molecule has 0 bridgehead atoms. The van der Waals surface area contributed by atoms with E-state index >= 15 is 0 Å². The SMILES string of the molecule is COc1ccc(CC(=O)N2CCN(C(=O)CCN3CCc4sccc4C3c3cccc(F)c3)CC2)cc1. The molecule has 2 aromatic carbocycles. The maximum atomic E-state index is 14.0. The fourth-order valence-corrected chi connectivity index (χ4v) is 6.21. The topological polar surface area (TPSA) is 53.1 Å². The summed E-state index contributed by atoms with van der Waals surface area (Å²) in [4.78, 5) is 33.2. The summed E-state index contributed by atoms with van der Waals surface area (Å²) in [5.41, 5.74) is 3.10. The molecule has 8 heteroatoms. The Kier molecular flexibility index (Phi) is 7.86. The fourth-order valence-electron chi connectivity index (χ4n) is 5.31. The maximum absolute atomic E-state index is 14.0. The van der Waals surface area contributed by atoms with E-state index in [1.165, 1.54) is 16.5 Å². The van der Waals surface area contributed by atoms with Gasteiger partial charge in [-0.2, -0.15) is 0 Å². The number of halogens is 1. The normalized spacial score (nSPS) is 17.9. The van der Waals surface area contributed by atoms with Crippen LogP contribution in [0.1, 0.15) is 34.0 Å². The average Bonchev–Trinajstić information content (AvgIpc) is 3.41. The van der Waals surface area contributed by atoms with Crippen LogP contribution in [0.15, 0.2) is 60.0 Å². The summed E-state index contributed by atoms with van der Waals surface area (Å²) in [5.74, 6) is 0.715. The Hall–Kier alpha value is -3.23. The van der Waals surface area contributed by atoms with Crippen molar-refractivity contribution >= 4 is 23.2 Å². The zero-order valence-electron chi connectivity index (χ0n) is 21.1. The highest BCUT2D eigenvalue weighted by Gasteiger charge is 2.31. The van der Waals surface area contributed by atoms with Gasteiger partial charge < -0.3 is 14.5 Å².